The van der Waals surface area contributed by atoms with E-state index in [1.165, 1.54) is 0 Å². The summed E-state index contributed by atoms with van der Waals surface area (Å²) in [5.74, 6) is 0.530. The highest BCUT2D eigenvalue weighted by Crippen LogP contribution is 2.24. The van der Waals surface area contributed by atoms with Crippen LogP contribution in [-0.2, 0) is 9.84 Å². The van der Waals surface area contributed by atoms with Gasteiger partial charge in [0, 0.05) is 30.2 Å². The van der Waals surface area contributed by atoms with Crippen molar-refractivity contribution >= 4 is 44.5 Å². The van der Waals surface area contributed by atoms with Crippen LogP contribution in [-0.4, -0.2) is 48.0 Å². The quantitative estimate of drug-likeness (QED) is 0.413. The largest absolute Gasteiger partial charge is 0.356 e. The SMILES string of the molecule is C=CC(=C)Nc1cccc(Nc2nc(Nc3ccc(N4CCS(=O)(=O)CC4)nc3)ncc2F)c1. The lowest BCUT2D eigenvalue weighted by molar-refractivity contribution is 0.586. The molecule has 0 unspecified atom stereocenters. The summed E-state index contributed by atoms with van der Waals surface area (Å²) in [4.78, 5) is 14.5. The molecule has 1 fully saturated rings. The first-order chi connectivity index (χ1) is 16.3. The highest BCUT2D eigenvalue weighted by Gasteiger charge is 2.22. The van der Waals surface area contributed by atoms with Crippen molar-refractivity contribution in [3.63, 3.8) is 0 Å². The van der Waals surface area contributed by atoms with Crippen LogP contribution in [0.4, 0.5) is 39.0 Å². The molecule has 0 amide bonds. The zero-order valence-corrected chi connectivity index (χ0v) is 19.1. The van der Waals surface area contributed by atoms with Crippen molar-refractivity contribution in [1.29, 1.82) is 0 Å². The van der Waals surface area contributed by atoms with Crippen LogP contribution in [0.1, 0.15) is 0 Å². The molecule has 0 aliphatic carbocycles. The lowest BCUT2D eigenvalue weighted by atomic mass is 10.2. The second kappa shape index (κ2) is 9.87. The third-order valence-corrected chi connectivity index (χ3v) is 6.70. The summed E-state index contributed by atoms with van der Waals surface area (Å²) in [6, 6.07) is 10.8. The van der Waals surface area contributed by atoms with Crippen LogP contribution >= 0.6 is 0 Å². The maximum atomic E-state index is 14.4. The highest BCUT2D eigenvalue weighted by molar-refractivity contribution is 7.91. The average molecular weight is 482 g/mol. The van der Waals surface area contributed by atoms with Crippen molar-refractivity contribution in [2.24, 2.45) is 0 Å². The fourth-order valence-electron chi connectivity index (χ4n) is 3.28. The van der Waals surface area contributed by atoms with Gasteiger partial charge in [-0.1, -0.05) is 19.2 Å². The first-order valence-electron chi connectivity index (χ1n) is 10.5. The molecule has 3 heterocycles. The number of aromatic nitrogens is 3. The molecule has 1 aliphatic heterocycles. The van der Waals surface area contributed by atoms with E-state index in [-0.39, 0.29) is 23.3 Å². The third kappa shape index (κ3) is 5.87. The molecule has 1 saturated heterocycles. The van der Waals surface area contributed by atoms with Gasteiger partial charge in [-0.2, -0.15) is 4.98 Å². The molecule has 1 aromatic carbocycles. The lowest BCUT2D eigenvalue weighted by Crippen LogP contribution is -2.40. The first kappa shape index (κ1) is 23.2. The zero-order valence-electron chi connectivity index (χ0n) is 18.3. The number of hydrogen-bond donors (Lipinski definition) is 3. The number of benzene rings is 1. The molecule has 1 aliphatic rings. The molecule has 9 nitrogen and oxygen atoms in total. The topological polar surface area (TPSA) is 112 Å². The van der Waals surface area contributed by atoms with E-state index in [0.717, 1.165) is 11.9 Å². The molecule has 3 N–H and O–H groups in total. The molecule has 176 valence electrons. The predicted octanol–water partition coefficient (Wildman–Crippen LogP) is 3.84. The fourth-order valence-corrected chi connectivity index (χ4v) is 4.48. The Morgan fingerprint density at radius 1 is 1.03 bits per heavy atom. The Labute approximate surface area is 197 Å². The summed E-state index contributed by atoms with van der Waals surface area (Å²) in [7, 11) is -2.96. The van der Waals surface area contributed by atoms with Gasteiger partial charge in [-0.05, 0) is 36.4 Å². The van der Waals surface area contributed by atoms with Crippen molar-refractivity contribution < 1.29 is 12.8 Å². The smallest absolute Gasteiger partial charge is 0.229 e. The number of nitrogens with zero attached hydrogens (tertiary/aromatic N) is 4. The molecule has 0 saturated carbocycles. The van der Waals surface area contributed by atoms with Gasteiger partial charge in [0.1, 0.15) is 5.82 Å². The van der Waals surface area contributed by atoms with Crippen LogP contribution in [0.2, 0.25) is 0 Å². The van der Waals surface area contributed by atoms with Crippen molar-refractivity contribution in [2.75, 3.05) is 45.4 Å². The van der Waals surface area contributed by atoms with Gasteiger partial charge >= 0.3 is 0 Å². The Hall–Kier alpha value is -3.99. The van der Waals surface area contributed by atoms with E-state index < -0.39 is 15.7 Å². The van der Waals surface area contributed by atoms with Crippen LogP contribution in [0.15, 0.2) is 73.7 Å². The van der Waals surface area contributed by atoms with E-state index in [2.05, 4.69) is 44.1 Å². The lowest BCUT2D eigenvalue weighted by Gasteiger charge is -2.27. The van der Waals surface area contributed by atoms with E-state index in [0.29, 0.717) is 36.0 Å². The molecular formula is C23H24FN7O2S. The third-order valence-electron chi connectivity index (χ3n) is 5.09. The van der Waals surface area contributed by atoms with E-state index in [1.54, 1.807) is 36.5 Å². The molecule has 0 radical (unpaired) electrons. The number of rotatable bonds is 8. The second-order valence-corrected chi connectivity index (χ2v) is 9.92. The van der Waals surface area contributed by atoms with Crippen molar-refractivity contribution in [3.05, 3.63) is 79.5 Å². The number of sulfone groups is 1. The zero-order chi connectivity index (χ0) is 24.1. The maximum Gasteiger partial charge on any atom is 0.229 e. The number of hydrogen-bond acceptors (Lipinski definition) is 9. The Morgan fingerprint density at radius 3 is 2.50 bits per heavy atom. The molecule has 2 aromatic heterocycles. The minimum absolute atomic E-state index is 0.0105. The number of anilines is 6. The summed E-state index contributed by atoms with van der Waals surface area (Å²) in [5, 5.41) is 9.04. The molecule has 0 spiro atoms. The van der Waals surface area contributed by atoms with Crippen molar-refractivity contribution in [2.45, 2.75) is 0 Å². The van der Waals surface area contributed by atoms with Crippen molar-refractivity contribution in [3.8, 4) is 0 Å². The molecule has 11 heteroatoms. The molecular weight excluding hydrogens is 457 g/mol. The minimum atomic E-state index is -2.96. The Kier molecular flexibility index (Phi) is 6.73. The molecule has 0 atom stereocenters. The summed E-state index contributed by atoms with van der Waals surface area (Å²) in [5.41, 5.74) is 2.64. The number of nitrogens with one attached hydrogen (secondary N) is 3. The van der Waals surface area contributed by atoms with Gasteiger partial charge in [-0.25, -0.2) is 22.8 Å². The average Bonchev–Trinajstić information content (AvgIpc) is 2.82. The molecule has 0 bridgehead atoms. The van der Waals surface area contributed by atoms with E-state index in [4.69, 9.17) is 0 Å². The first-order valence-corrected chi connectivity index (χ1v) is 12.3. The van der Waals surface area contributed by atoms with E-state index in [9.17, 15) is 12.8 Å². The Morgan fingerprint density at radius 2 is 1.79 bits per heavy atom. The monoisotopic (exact) mass is 481 g/mol. The van der Waals surface area contributed by atoms with Crippen LogP contribution in [0.3, 0.4) is 0 Å². The van der Waals surface area contributed by atoms with Crippen LogP contribution < -0.4 is 20.9 Å². The van der Waals surface area contributed by atoms with Gasteiger partial charge in [-0.3, -0.25) is 0 Å². The van der Waals surface area contributed by atoms with Gasteiger partial charge in [0.25, 0.3) is 0 Å². The normalized spacial score (nSPS) is 14.8. The van der Waals surface area contributed by atoms with E-state index >= 15 is 0 Å². The van der Waals surface area contributed by atoms with Crippen LogP contribution in [0, 0.1) is 5.82 Å². The summed E-state index contributed by atoms with van der Waals surface area (Å²) in [6.07, 6.45) is 4.27. The predicted molar refractivity (Wildman–Crippen MR) is 133 cm³/mol. The molecule has 34 heavy (non-hydrogen) atoms. The minimum Gasteiger partial charge on any atom is -0.356 e. The second-order valence-electron chi connectivity index (χ2n) is 7.62. The van der Waals surface area contributed by atoms with Crippen molar-refractivity contribution in [1.82, 2.24) is 15.0 Å². The molecule has 4 rings (SSSR count). The molecule has 3 aromatic rings. The van der Waals surface area contributed by atoms with Gasteiger partial charge in [0.05, 0.1) is 29.6 Å². The van der Waals surface area contributed by atoms with Gasteiger partial charge in [-0.15, -0.1) is 0 Å². The van der Waals surface area contributed by atoms with Gasteiger partial charge < -0.3 is 20.9 Å². The Bertz CT molecular complexity index is 1300. The summed E-state index contributed by atoms with van der Waals surface area (Å²) < 4.78 is 37.6. The number of halogens is 1. The standard InChI is InChI=1S/C23H24FN7O2S/c1-3-16(2)27-17-5-4-6-18(13-17)28-22-20(24)15-26-23(30-22)29-19-7-8-21(25-14-19)31-9-11-34(32,33)12-10-31/h3-8,13-15,27H,1-2,9-12H2,(H2,26,28,29,30). The summed E-state index contributed by atoms with van der Waals surface area (Å²) in [6.45, 7) is 8.30. The van der Waals surface area contributed by atoms with Gasteiger partial charge in [0.15, 0.2) is 21.5 Å². The summed E-state index contributed by atoms with van der Waals surface area (Å²) >= 11 is 0. The maximum absolute atomic E-state index is 14.4. The van der Waals surface area contributed by atoms with Crippen LogP contribution in [0.5, 0.6) is 0 Å². The fraction of sp³-hybridized carbons (Fsp3) is 0.174. The van der Waals surface area contributed by atoms with Crippen LogP contribution in [0.25, 0.3) is 0 Å². The number of pyridine rings is 1. The van der Waals surface area contributed by atoms with Gasteiger partial charge in [0.2, 0.25) is 5.95 Å². The highest BCUT2D eigenvalue weighted by atomic mass is 32.2. The number of allylic oxidation sites excluding steroid dienone is 1. The van der Waals surface area contributed by atoms with E-state index in [1.807, 2.05) is 17.0 Å². The Balaban J connectivity index is 1.44.